The standard InChI is InChI=1S/C18H22ClNO4/c19-13-7-8-16(21)14(10-13)18(23)24-11-17(22)20-9-3-5-12-4-1-2-6-15(12)20/h7-8,10,12,15,21H,1-6,9,11H2/t12-,15+/m0/s1. The number of rotatable bonds is 3. The predicted molar refractivity (Wildman–Crippen MR) is 90.1 cm³/mol. The lowest BCUT2D eigenvalue weighted by molar-refractivity contribution is -0.140. The van der Waals surface area contributed by atoms with E-state index in [9.17, 15) is 14.7 Å². The van der Waals surface area contributed by atoms with Crippen LogP contribution >= 0.6 is 11.6 Å². The maximum absolute atomic E-state index is 12.5. The minimum Gasteiger partial charge on any atom is -0.507 e. The van der Waals surface area contributed by atoms with Gasteiger partial charge >= 0.3 is 5.97 Å². The number of phenolic OH excluding ortho intramolecular Hbond substituents is 1. The van der Waals surface area contributed by atoms with E-state index in [0.29, 0.717) is 17.0 Å². The maximum Gasteiger partial charge on any atom is 0.342 e. The van der Waals surface area contributed by atoms with Gasteiger partial charge in [0.05, 0.1) is 0 Å². The molecule has 0 bridgehead atoms. The molecule has 0 unspecified atom stereocenters. The molecule has 1 aliphatic heterocycles. The van der Waals surface area contributed by atoms with Gasteiger partial charge in [0, 0.05) is 17.6 Å². The molecule has 1 aromatic carbocycles. The molecule has 1 N–H and O–H groups in total. The van der Waals surface area contributed by atoms with Crippen molar-refractivity contribution in [2.24, 2.45) is 5.92 Å². The Bertz CT molecular complexity index is 631. The fourth-order valence-corrected chi connectivity index (χ4v) is 4.07. The zero-order valence-electron chi connectivity index (χ0n) is 13.5. The highest BCUT2D eigenvalue weighted by Crippen LogP contribution is 2.35. The van der Waals surface area contributed by atoms with Gasteiger partial charge in [0.15, 0.2) is 6.61 Å². The number of phenols is 1. The molecule has 0 aromatic heterocycles. The number of benzene rings is 1. The Balaban J connectivity index is 1.60. The van der Waals surface area contributed by atoms with E-state index in [4.69, 9.17) is 16.3 Å². The summed E-state index contributed by atoms with van der Waals surface area (Å²) in [5.41, 5.74) is -0.0236. The predicted octanol–water partition coefficient (Wildman–Crippen LogP) is 3.38. The summed E-state index contributed by atoms with van der Waals surface area (Å²) >= 11 is 5.83. The quantitative estimate of drug-likeness (QED) is 0.848. The summed E-state index contributed by atoms with van der Waals surface area (Å²) in [4.78, 5) is 26.5. The second-order valence-corrected chi connectivity index (χ2v) is 7.02. The van der Waals surface area contributed by atoms with Gasteiger partial charge in [-0.2, -0.15) is 0 Å². The van der Waals surface area contributed by atoms with Gasteiger partial charge in [0.25, 0.3) is 5.91 Å². The fourth-order valence-electron chi connectivity index (χ4n) is 3.89. The lowest BCUT2D eigenvalue weighted by atomic mass is 9.78. The summed E-state index contributed by atoms with van der Waals surface area (Å²) in [6.45, 7) is 0.438. The Morgan fingerprint density at radius 2 is 1.96 bits per heavy atom. The van der Waals surface area contributed by atoms with Crippen molar-refractivity contribution in [1.29, 1.82) is 0 Å². The number of fused-ring (bicyclic) bond motifs is 1. The number of ether oxygens (including phenoxy) is 1. The SMILES string of the molecule is O=C(OCC(=O)N1CCC[C@@H]2CCCC[C@H]21)c1cc(Cl)ccc1O. The summed E-state index contributed by atoms with van der Waals surface area (Å²) in [6.07, 6.45) is 6.82. The van der Waals surface area contributed by atoms with Crippen molar-refractivity contribution in [2.75, 3.05) is 13.2 Å². The van der Waals surface area contributed by atoms with Crippen LogP contribution in [0.2, 0.25) is 5.02 Å². The van der Waals surface area contributed by atoms with Crippen LogP contribution in [0.1, 0.15) is 48.9 Å². The van der Waals surface area contributed by atoms with Crippen LogP contribution in [-0.4, -0.2) is 41.1 Å². The first kappa shape index (κ1) is 17.1. The number of likely N-dealkylation sites (tertiary alicyclic amines) is 1. The van der Waals surface area contributed by atoms with Gasteiger partial charge in [-0.1, -0.05) is 24.4 Å². The molecular weight excluding hydrogens is 330 g/mol. The van der Waals surface area contributed by atoms with Crippen LogP contribution < -0.4 is 0 Å². The molecule has 24 heavy (non-hydrogen) atoms. The van der Waals surface area contributed by atoms with E-state index in [1.807, 2.05) is 4.90 Å². The van der Waals surface area contributed by atoms with Crippen LogP contribution in [0.15, 0.2) is 18.2 Å². The normalized spacial score (nSPS) is 23.5. The van der Waals surface area contributed by atoms with E-state index in [0.717, 1.165) is 25.8 Å². The summed E-state index contributed by atoms with van der Waals surface area (Å²) in [7, 11) is 0. The van der Waals surface area contributed by atoms with Gasteiger partial charge in [-0.15, -0.1) is 0 Å². The molecule has 1 saturated carbocycles. The molecule has 1 amide bonds. The lowest BCUT2D eigenvalue weighted by Crippen LogP contribution is -2.50. The second kappa shape index (κ2) is 7.43. The van der Waals surface area contributed by atoms with Crippen molar-refractivity contribution in [2.45, 2.75) is 44.6 Å². The van der Waals surface area contributed by atoms with Crippen LogP contribution in [0.3, 0.4) is 0 Å². The highest BCUT2D eigenvalue weighted by molar-refractivity contribution is 6.31. The molecule has 2 atom stereocenters. The number of carbonyl (C=O) groups is 2. The Labute approximate surface area is 146 Å². The monoisotopic (exact) mass is 351 g/mol. The number of esters is 1. The van der Waals surface area contributed by atoms with Crippen LogP contribution in [0.25, 0.3) is 0 Å². The van der Waals surface area contributed by atoms with Gasteiger partial charge in [0.1, 0.15) is 11.3 Å². The highest BCUT2D eigenvalue weighted by atomic mass is 35.5. The van der Waals surface area contributed by atoms with Crippen molar-refractivity contribution in [3.63, 3.8) is 0 Å². The van der Waals surface area contributed by atoms with Crippen molar-refractivity contribution < 1.29 is 19.4 Å². The second-order valence-electron chi connectivity index (χ2n) is 6.58. The van der Waals surface area contributed by atoms with Crippen molar-refractivity contribution >= 4 is 23.5 Å². The molecule has 0 spiro atoms. The van der Waals surface area contributed by atoms with E-state index >= 15 is 0 Å². The number of hydrogen-bond acceptors (Lipinski definition) is 4. The third-order valence-corrected chi connectivity index (χ3v) is 5.30. The lowest BCUT2D eigenvalue weighted by Gasteiger charge is -2.44. The molecule has 0 radical (unpaired) electrons. The summed E-state index contributed by atoms with van der Waals surface area (Å²) in [6, 6.07) is 4.44. The van der Waals surface area contributed by atoms with E-state index in [2.05, 4.69) is 0 Å². The van der Waals surface area contributed by atoms with Gasteiger partial charge in [-0.25, -0.2) is 4.79 Å². The van der Waals surface area contributed by atoms with Gasteiger partial charge in [0.2, 0.25) is 0 Å². The minimum atomic E-state index is -0.736. The minimum absolute atomic E-state index is 0.0236. The van der Waals surface area contributed by atoms with Crippen molar-refractivity contribution in [3.8, 4) is 5.75 Å². The van der Waals surface area contributed by atoms with E-state index in [1.54, 1.807) is 0 Å². The fraction of sp³-hybridized carbons (Fsp3) is 0.556. The van der Waals surface area contributed by atoms with Crippen LogP contribution in [-0.2, 0) is 9.53 Å². The van der Waals surface area contributed by atoms with E-state index < -0.39 is 5.97 Å². The molecule has 6 heteroatoms. The topological polar surface area (TPSA) is 66.8 Å². The van der Waals surface area contributed by atoms with Gasteiger partial charge in [-0.3, -0.25) is 4.79 Å². The summed E-state index contributed by atoms with van der Waals surface area (Å²) in [5, 5.41) is 10.0. The molecule has 3 rings (SSSR count). The van der Waals surface area contributed by atoms with Crippen LogP contribution in [0.4, 0.5) is 0 Å². The third kappa shape index (κ3) is 3.66. The molecule has 1 heterocycles. The molecule has 130 valence electrons. The Morgan fingerprint density at radius 1 is 1.21 bits per heavy atom. The number of carbonyl (C=O) groups excluding carboxylic acids is 2. The number of piperidine rings is 1. The summed E-state index contributed by atoms with van der Waals surface area (Å²) in [5.74, 6) is -0.506. The maximum atomic E-state index is 12.5. The largest absolute Gasteiger partial charge is 0.507 e. The number of nitrogens with zero attached hydrogens (tertiary/aromatic N) is 1. The van der Waals surface area contributed by atoms with Crippen LogP contribution in [0.5, 0.6) is 5.75 Å². The average molecular weight is 352 g/mol. The first-order chi connectivity index (χ1) is 11.6. The van der Waals surface area contributed by atoms with Crippen LogP contribution in [0, 0.1) is 5.92 Å². The number of aromatic hydroxyl groups is 1. The summed E-state index contributed by atoms with van der Waals surface area (Å²) < 4.78 is 5.11. The first-order valence-electron chi connectivity index (χ1n) is 8.51. The zero-order chi connectivity index (χ0) is 17.1. The number of amides is 1. The van der Waals surface area contributed by atoms with Gasteiger partial charge < -0.3 is 14.7 Å². The molecule has 1 saturated heterocycles. The van der Waals surface area contributed by atoms with Crippen molar-refractivity contribution in [1.82, 2.24) is 4.90 Å². The third-order valence-electron chi connectivity index (χ3n) is 5.07. The first-order valence-corrected chi connectivity index (χ1v) is 8.89. The average Bonchev–Trinajstić information content (AvgIpc) is 2.61. The molecule has 2 aliphatic rings. The smallest absolute Gasteiger partial charge is 0.342 e. The van der Waals surface area contributed by atoms with Crippen molar-refractivity contribution in [3.05, 3.63) is 28.8 Å². The Kier molecular flexibility index (Phi) is 5.29. The molecule has 1 aliphatic carbocycles. The Morgan fingerprint density at radius 3 is 2.79 bits per heavy atom. The Hall–Kier alpha value is -1.75. The van der Waals surface area contributed by atoms with E-state index in [1.165, 1.54) is 37.5 Å². The molecule has 1 aromatic rings. The zero-order valence-corrected chi connectivity index (χ0v) is 14.3. The number of halogens is 1. The van der Waals surface area contributed by atoms with E-state index in [-0.39, 0.29) is 23.8 Å². The number of hydrogen-bond donors (Lipinski definition) is 1. The highest BCUT2D eigenvalue weighted by Gasteiger charge is 2.35. The van der Waals surface area contributed by atoms with Gasteiger partial charge in [-0.05, 0) is 49.8 Å². The molecular formula is C18H22ClNO4. The molecule has 2 fully saturated rings. The molecule has 5 nitrogen and oxygen atoms in total.